The maximum absolute atomic E-state index is 14.3. The predicted octanol–water partition coefficient (Wildman–Crippen LogP) is 6.23. The van der Waals surface area contributed by atoms with Gasteiger partial charge in [0, 0.05) is 24.5 Å². The Hall–Kier alpha value is -4.21. The minimum atomic E-state index is -4.25. The van der Waals surface area contributed by atoms with Gasteiger partial charge in [0.05, 0.1) is 10.6 Å². The summed E-state index contributed by atoms with van der Waals surface area (Å²) in [6.07, 6.45) is 1.85. The van der Waals surface area contributed by atoms with Crippen LogP contribution in [0, 0.1) is 5.82 Å². The molecule has 2 amide bonds. The lowest BCUT2D eigenvalue weighted by molar-refractivity contribution is -0.140. The van der Waals surface area contributed by atoms with E-state index in [4.69, 9.17) is 11.6 Å². The third-order valence-electron chi connectivity index (χ3n) is 7.09. The second kappa shape index (κ2) is 15.5. The molecule has 230 valence electrons. The van der Waals surface area contributed by atoms with Gasteiger partial charge in [-0.15, -0.1) is 0 Å². The van der Waals surface area contributed by atoms with Crippen LogP contribution in [0.1, 0.15) is 30.9 Å². The number of amides is 2. The molecule has 0 spiro atoms. The average molecular weight is 636 g/mol. The molecule has 10 heteroatoms. The lowest BCUT2D eigenvalue weighted by atomic mass is 10.0. The van der Waals surface area contributed by atoms with Gasteiger partial charge in [0.1, 0.15) is 18.4 Å². The van der Waals surface area contributed by atoms with Crippen LogP contribution in [0.2, 0.25) is 5.02 Å². The fourth-order valence-electron chi connectivity index (χ4n) is 4.70. The van der Waals surface area contributed by atoms with Crippen LogP contribution in [0.4, 0.5) is 10.1 Å². The van der Waals surface area contributed by atoms with Crippen LogP contribution in [-0.2, 0) is 32.6 Å². The Morgan fingerprint density at radius 1 is 0.841 bits per heavy atom. The summed E-state index contributed by atoms with van der Waals surface area (Å²) in [5.74, 6) is -1.49. The van der Waals surface area contributed by atoms with Gasteiger partial charge in [-0.3, -0.25) is 13.9 Å². The van der Waals surface area contributed by atoms with Crippen LogP contribution >= 0.6 is 11.6 Å². The van der Waals surface area contributed by atoms with Crippen LogP contribution in [0.5, 0.6) is 0 Å². The Labute approximate surface area is 263 Å². The summed E-state index contributed by atoms with van der Waals surface area (Å²) in [5.41, 5.74) is 1.66. The number of nitrogens with zero attached hydrogens (tertiary/aromatic N) is 2. The van der Waals surface area contributed by atoms with Crippen LogP contribution in [0.15, 0.2) is 114 Å². The minimum absolute atomic E-state index is 0.0251. The highest BCUT2D eigenvalue weighted by Gasteiger charge is 2.34. The molecule has 0 radical (unpaired) electrons. The Bertz CT molecular complexity index is 1620. The molecule has 0 aliphatic heterocycles. The monoisotopic (exact) mass is 635 g/mol. The number of nitrogens with one attached hydrogen (secondary N) is 1. The SMILES string of the molecule is CCCCNC(=O)[C@H](Cc1ccccc1)N(Cc1ccc(Cl)cc1)C(=O)CN(c1ccc(F)cc1)S(=O)(=O)c1ccccc1. The maximum Gasteiger partial charge on any atom is 0.264 e. The standard InChI is InChI=1S/C34H35ClFN3O4S/c1-2-3-22-37-34(41)32(23-26-10-6-4-7-11-26)38(24-27-14-16-28(35)17-15-27)33(40)25-39(30-20-18-29(36)19-21-30)44(42,43)31-12-8-5-9-13-31/h4-21,32H,2-3,22-25H2,1H3,(H,37,41)/t32-/m0/s1. The molecule has 0 aliphatic carbocycles. The van der Waals surface area contributed by atoms with E-state index in [1.165, 1.54) is 29.2 Å². The van der Waals surface area contributed by atoms with Gasteiger partial charge in [-0.25, -0.2) is 12.8 Å². The van der Waals surface area contributed by atoms with Gasteiger partial charge in [0.15, 0.2) is 0 Å². The van der Waals surface area contributed by atoms with E-state index in [2.05, 4.69) is 5.32 Å². The number of unbranched alkanes of at least 4 members (excludes halogenated alkanes) is 1. The first-order chi connectivity index (χ1) is 21.2. The molecule has 44 heavy (non-hydrogen) atoms. The summed E-state index contributed by atoms with van der Waals surface area (Å²) >= 11 is 6.11. The van der Waals surface area contributed by atoms with Crippen molar-refractivity contribution >= 4 is 39.1 Å². The number of hydrogen-bond acceptors (Lipinski definition) is 4. The van der Waals surface area contributed by atoms with Crippen molar-refractivity contribution in [1.82, 2.24) is 10.2 Å². The Balaban J connectivity index is 1.77. The van der Waals surface area contributed by atoms with Gasteiger partial charge < -0.3 is 10.2 Å². The number of anilines is 1. The first-order valence-corrected chi connectivity index (χ1v) is 16.2. The van der Waals surface area contributed by atoms with E-state index >= 15 is 0 Å². The molecule has 0 unspecified atom stereocenters. The van der Waals surface area contributed by atoms with Crippen LogP contribution in [-0.4, -0.2) is 44.3 Å². The molecule has 1 atom stereocenters. The summed E-state index contributed by atoms with van der Waals surface area (Å²) < 4.78 is 42.6. The lowest BCUT2D eigenvalue weighted by Crippen LogP contribution is -2.53. The number of benzene rings is 4. The zero-order valence-corrected chi connectivity index (χ0v) is 26.0. The molecule has 0 aliphatic rings. The molecule has 1 N–H and O–H groups in total. The Morgan fingerprint density at radius 2 is 1.45 bits per heavy atom. The smallest absolute Gasteiger partial charge is 0.264 e. The zero-order chi connectivity index (χ0) is 31.5. The highest BCUT2D eigenvalue weighted by atomic mass is 35.5. The molecule has 7 nitrogen and oxygen atoms in total. The molecular formula is C34H35ClFN3O4S. The number of hydrogen-bond donors (Lipinski definition) is 1. The van der Waals surface area contributed by atoms with Crippen LogP contribution in [0.25, 0.3) is 0 Å². The number of sulfonamides is 1. The lowest BCUT2D eigenvalue weighted by Gasteiger charge is -2.34. The number of carbonyl (C=O) groups excluding carboxylic acids is 2. The topological polar surface area (TPSA) is 86.8 Å². The van der Waals surface area contributed by atoms with Gasteiger partial charge in [-0.1, -0.05) is 85.6 Å². The summed E-state index contributed by atoms with van der Waals surface area (Å²) in [5, 5.41) is 3.47. The van der Waals surface area contributed by atoms with Crippen molar-refractivity contribution in [1.29, 1.82) is 0 Å². The van der Waals surface area contributed by atoms with Crippen molar-refractivity contribution in [3.8, 4) is 0 Å². The fourth-order valence-corrected chi connectivity index (χ4v) is 6.26. The summed E-state index contributed by atoms with van der Waals surface area (Å²) in [6, 6.07) is 27.9. The summed E-state index contributed by atoms with van der Waals surface area (Å²) in [4.78, 5) is 29.5. The summed E-state index contributed by atoms with van der Waals surface area (Å²) in [7, 11) is -4.25. The Morgan fingerprint density at radius 3 is 2.07 bits per heavy atom. The third kappa shape index (κ3) is 8.67. The quantitative estimate of drug-likeness (QED) is 0.166. The van der Waals surface area contributed by atoms with Gasteiger partial charge in [0.2, 0.25) is 11.8 Å². The van der Waals surface area contributed by atoms with Gasteiger partial charge >= 0.3 is 0 Å². The van der Waals surface area contributed by atoms with Crippen molar-refractivity contribution in [2.45, 2.75) is 43.7 Å². The first-order valence-electron chi connectivity index (χ1n) is 14.4. The van der Waals surface area contributed by atoms with E-state index in [0.29, 0.717) is 17.1 Å². The number of rotatable bonds is 14. The fraction of sp³-hybridized carbons (Fsp3) is 0.235. The highest BCUT2D eigenvalue weighted by Crippen LogP contribution is 2.25. The molecule has 0 heterocycles. The van der Waals surface area contributed by atoms with Crippen molar-refractivity contribution in [3.05, 3.63) is 131 Å². The van der Waals surface area contributed by atoms with Crippen molar-refractivity contribution in [2.24, 2.45) is 0 Å². The van der Waals surface area contributed by atoms with Crippen molar-refractivity contribution in [3.63, 3.8) is 0 Å². The molecule has 0 fully saturated rings. The van der Waals surface area contributed by atoms with E-state index < -0.39 is 34.3 Å². The van der Waals surface area contributed by atoms with Crippen molar-refractivity contribution < 1.29 is 22.4 Å². The molecule has 4 aromatic rings. The molecule has 0 saturated carbocycles. The van der Waals surface area contributed by atoms with E-state index in [9.17, 15) is 22.4 Å². The predicted molar refractivity (Wildman–Crippen MR) is 171 cm³/mol. The third-order valence-corrected chi connectivity index (χ3v) is 9.13. The first kappa shape index (κ1) is 32.7. The van der Waals surface area contributed by atoms with Gasteiger partial charge in [-0.05, 0) is 66.1 Å². The second-order valence-corrected chi connectivity index (χ2v) is 12.6. The normalized spacial score (nSPS) is 11.9. The van der Waals surface area contributed by atoms with Crippen molar-refractivity contribution in [2.75, 3.05) is 17.4 Å². The largest absolute Gasteiger partial charge is 0.354 e. The van der Waals surface area contributed by atoms with E-state index in [-0.39, 0.29) is 29.5 Å². The van der Waals surface area contributed by atoms with E-state index in [1.807, 2.05) is 37.3 Å². The molecule has 0 bridgehead atoms. The highest BCUT2D eigenvalue weighted by molar-refractivity contribution is 7.92. The Kier molecular flexibility index (Phi) is 11.5. The molecule has 4 aromatic carbocycles. The number of carbonyl (C=O) groups is 2. The van der Waals surface area contributed by atoms with Crippen LogP contribution < -0.4 is 9.62 Å². The number of halogens is 2. The second-order valence-electron chi connectivity index (χ2n) is 10.3. The van der Waals surface area contributed by atoms with Gasteiger partial charge in [0.25, 0.3) is 10.0 Å². The van der Waals surface area contributed by atoms with E-state index in [0.717, 1.165) is 34.8 Å². The maximum atomic E-state index is 14.3. The minimum Gasteiger partial charge on any atom is -0.354 e. The van der Waals surface area contributed by atoms with Gasteiger partial charge in [-0.2, -0.15) is 0 Å². The van der Waals surface area contributed by atoms with E-state index in [1.54, 1.807) is 42.5 Å². The summed E-state index contributed by atoms with van der Waals surface area (Å²) in [6.45, 7) is 1.86. The zero-order valence-electron chi connectivity index (χ0n) is 24.4. The molecule has 4 rings (SSSR count). The molecular weight excluding hydrogens is 601 g/mol. The average Bonchev–Trinajstić information content (AvgIpc) is 3.03. The molecule has 0 saturated heterocycles. The molecule has 0 aromatic heterocycles. The van der Waals surface area contributed by atoms with Crippen LogP contribution in [0.3, 0.4) is 0 Å².